The number of ether oxygens (including phenoxy) is 2. The van der Waals surface area contributed by atoms with Gasteiger partial charge in [0.05, 0.1) is 5.92 Å². The Morgan fingerprint density at radius 3 is 2.37 bits per heavy atom. The van der Waals surface area contributed by atoms with Gasteiger partial charge >= 0.3 is 12.1 Å². The van der Waals surface area contributed by atoms with Gasteiger partial charge in [0, 0.05) is 13.1 Å². The Hall–Kier alpha value is -2.30. The molecule has 30 heavy (non-hydrogen) atoms. The van der Waals surface area contributed by atoms with Gasteiger partial charge in [-0.3, -0.25) is 4.79 Å². The molecule has 1 fully saturated rings. The topological polar surface area (TPSA) is 55.8 Å². The summed E-state index contributed by atoms with van der Waals surface area (Å²) in [5.41, 5.74) is 1.18. The molecule has 0 aliphatic carbocycles. The van der Waals surface area contributed by atoms with Crippen LogP contribution >= 0.6 is 0 Å². The van der Waals surface area contributed by atoms with Crippen molar-refractivity contribution in [3.05, 3.63) is 48.0 Å². The van der Waals surface area contributed by atoms with Gasteiger partial charge in [-0.1, -0.05) is 30.3 Å². The summed E-state index contributed by atoms with van der Waals surface area (Å²) >= 11 is 0. The Morgan fingerprint density at radius 1 is 1.13 bits per heavy atom. The van der Waals surface area contributed by atoms with Gasteiger partial charge in [0.1, 0.15) is 11.2 Å². The normalized spacial score (nSPS) is 18.1. The average molecular weight is 416 g/mol. The number of nitrogens with zero attached hydrogens (tertiary/aromatic N) is 1. The van der Waals surface area contributed by atoms with Crippen LogP contribution in [0, 0.1) is 11.8 Å². The lowest BCUT2D eigenvalue weighted by molar-refractivity contribution is -0.161. The third kappa shape index (κ3) is 7.51. The lowest BCUT2D eigenvalue weighted by Crippen LogP contribution is -2.38. The number of hydrogen-bond donors (Lipinski definition) is 0. The molecule has 0 aromatic heterocycles. The van der Waals surface area contributed by atoms with Crippen molar-refractivity contribution in [3.8, 4) is 0 Å². The number of esters is 1. The summed E-state index contributed by atoms with van der Waals surface area (Å²) in [5, 5.41) is 0. The van der Waals surface area contributed by atoms with Gasteiger partial charge < -0.3 is 14.4 Å². The maximum atomic E-state index is 13.1. The van der Waals surface area contributed by atoms with Gasteiger partial charge in [0.15, 0.2) is 0 Å². The molecule has 0 spiro atoms. The van der Waals surface area contributed by atoms with Gasteiger partial charge in [-0.15, -0.1) is 6.58 Å². The van der Waals surface area contributed by atoms with E-state index in [9.17, 15) is 9.59 Å². The highest BCUT2D eigenvalue weighted by Gasteiger charge is 2.39. The van der Waals surface area contributed by atoms with Crippen LogP contribution in [0.15, 0.2) is 36.9 Å². The number of rotatable bonds is 6. The van der Waals surface area contributed by atoms with Crippen LogP contribution in [0.5, 0.6) is 0 Å². The van der Waals surface area contributed by atoms with E-state index >= 15 is 0 Å². The van der Waals surface area contributed by atoms with E-state index in [0.717, 1.165) is 18.4 Å². The molecule has 1 aliphatic rings. The minimum atomic E-state index is -0.552. The number of amides is 1. The second-order valence-electron chi connectivity index (χ2n) is 10.1. The quantitative estimate of drug-likeness (QED) is 0.475. The molecule has 166 valence electrons. The van der Waals surface area contributed by atoms with Crippen LogP contribution in [0.1, 0.15) is 59.1 Å². The largest absolute Gasteiger partial charge is 0.460 e. The molecule has 5 nitrogen and oxygen atoms in total. The molecule has 0 N–H and O–H groups in total. The molecule has 0 bridgehead atoms. The molecule has 1 heterocycles. The molecule has 2 atom stereocenters. The van der Waals surface area contributed by atoms with E-state index < -0.39 is 11.2 Å². The van der Waals surface area contributed by atoms with E-state index in [0.29, 0.717) is 19.5 Å². The summed E-state index contributed by atoms with van der Waals surface area (Å²) in [4.78, 5) is 27.3. The predicted molar refractivity (Wildman–Crippen MR) is 119 cm³/mol. The Labute approximate surface area is 181 Å². The van der Waals surface area contributed by atoms with Gasteiger partial charge in [0.25, 0.3) is 0 Å². The fraction of sp³-hybridized carbons (Fsp3) is 0.600. The van der Waals surface area contributed by atoms with Crippen LogP contribution in [0.4, 0.5) is 4.79 Å². The smallest absolute Gasteiger partial charge is 0.410 e. The van der Waals surface area contributed by atoms with Crippen LogP contribution in [0.25, 0.3) is 0 Å². The minimum absolute atomic E-state index is 0.0374. The van der Waals surface area contributed by atoms with E-state index in [-0.39, 0.29) is 23.9 Å². The molecule has 1 aromatic rings. The van der Waals surface area contributed by atoms with Crippen LogP contribution in [0.3, 0.4) is 0 Å². The van der Waals surface area contributed by atoms with Gasteiger partial charge in [-0.25, -0.2) is 4.79 Å². The van der Waals surface area contributed by atoms with E-state index in [1.165, 1.54) is 5.56 Å². The third-order valence-corrected chi connectivity index (χ3v) is 4.98. The highest BCUT2D eigenvalue weighted by molar-refractivity contribution is 5.74. The molecule has 0 unspecified atom stereocenters. The van der Waals surface area contributed by atoms with E-state index in [1.54, 1.807) is 4.90 Å². The Morgan fingerprint density at radius 2 is 1.77 bits per heavy atom. The van der Waals surface area contributed by atoms with Crippen molar-refractivity contribution in [1.29, 1.82) is 0 Å². The molecular weight excluding hydrogens is 378 g/mol. The van der Waals surface area contributed by atoms with E-state index in [2.05, 4.69) is 18.7 Å². The first kappa shape index (κ1) is 24.0. The van der Waals surface area contributed by atoms with Crippen LogP contribution in [0.2, 0.25) is 0 Å². The SMILES string of the molecule is C=CCc1cccc(C[C@@H](C(=O)OC(C)(C)C)[C@@H]2CCN(C(=O)OC(C)(C)C)C2)c1. The summed E-state index contributed by atoms with van der Waals surface area (Å²) < 4.78 is 11.3. The maximum absolute atomic E-state index is 13.1. The fourth-order valence-electron chi connectivity index (χ4n) is 3.73. The first-order valence-corrected chi connectivity index (χ1v) is 10.8. The molecule has 0 radical (unpaired) electrons. The van der Waals surface area contributed by atoms with Gasteiger partial charge in [-0.2, -0.15) is 0 Å². The number of allylic oxidation sites excluding steroid dienone is 1. The van der Waals surface area contributed by atoms with Gasteiger partial charge in [0.2, 0.25) is 0 Å². The molecule has 1 saturated heterocycles. The lowest BCUT2D eigenvalue weighted by Gasteiger charge is -2.28. The molecular formula is C25H37NO4. The first-order valence-electron chi connectivity index (χ1n) is 10.8. The predicted octanol–water partition coefficient (Wildman–Crippen LogP) is 5.17. The number of benzene rings is 1. The number of carbonyl (C=O) groups is 2. The van der Waals surface area contributed by atoms with Crippen LogP contribution in [-0.2, 0) is 27.1 Å². The summed E-state index contributed by atoms with van der Waals surface area (Å²) in [5.74, 6) is -0.473. The molecule has 0 saturated carbocycles. The summed E-state index contributed by atoms with van der Waals surface area (Å²) in [6.45, 7) is 16.1. The van der Waals surface area contributed by atoms with Gasteiger partial charge in [-0.05, 0) is 77.8 Å². The van der Waals surface area contributed by atoms with Crippen molar-refractivity contribution in [1.82, 2.24) is 4.90 Å². The first-order chi connectivity index (χ1) is 13.9. The van der Waals surface area contributed by atoms with Crippen molar-refractivity contribution in [2.24, 2.45) is 11.8 Å². The molecule has 2 rings (SSSR count). The lowest BCUT2D eigenvalue weighted by atomic mass is 9.85. The molecule has 1 aromatic carbocycles. The highest BCUT2D eigenvalue weighted by atomic mass is 16.6. The van der Waals surface area contributed by atoms with Crippen LogP contribution < -0.4 is 0 Å². The maximum Gasteiger partial charge on any atom is 0.410 e. The summed E-state index contributed by atoms with van der Waals surface area (Å²) in [6, 6.07) is 8.25. The van der Waals surface area contributed by atoms with E-state index in [1.807, 2.05) is 59.8 Å². The van der Waals surface area contributed by atoms with Crippen LogP contribution in [-0.4, -0.2) is 41.3 Å². The summed E-state index contributed by atoms with van der Waals surface area (Å²) in [7, 11) is 0. The van der Waals surface area contributed by atoms with Crippen molar-refractivity contribution in [2.45, 2.75) is 72.0 Å². The molecule has 5 heteroatoms. The third-order valence-electron chi connectivity index (χ3n) is 4.98. The van der Waals surface area contributed by atoms with E-state index in [4.69, 9.17) is 9.47 Å². The number of hydrogen-bond acceptors (Lipinski definition) is 4. The fourth-order valence-corrected chi connectivity index (χ4v) is 3.73. The summed E-state index contributed by atoms with van der Waals surface area (Å²) in [6.07, 6.45) is 3.70. The second-order valence-corrected chi connectivity index (χ2v) is 10.1. The zero-order valence-corrected chi connectivity index (χ0v) is 19.4. The Bertz CT molecular complexity index is 757. The minimum Gasteiger partial charge on any atom is -0.460 e. The standard InChI is InChI=1S/C25H37NO4/c1-8-10-18-11-9-12-19(15-18)16-21(22(27)29-24(2,3)4)20-13-14-26(17-20)23(28)30-25(5,6)7/h8-9,11-12,15,20-21H,1,10,13-14,16-17H2,2-7H3/t20-,21-/m1/s1. The molecule has 1 amide bonds. The zero-order chi connectivity index (χ0) is 22.5. The van der Waals surface area contributed by atoms with Crippen molar-refractivity contribution < 1.29 is 19.1 Å². The second kappa shape index (κ2) is 9.67. The average Bonchev–Trinajstić information content (AvgIpc) is 3.07. The highest BCUT2D eigenvalue weighted by Crippen LogP contribution is 2.30. The zero-order valence-electron chi connectivity index (χ0n) is 19.4. The van der Waals surface area contributed by atoms with Crippen molar-refractivity contribution in [2.75, 3.05) is 13.1 Å². The Balaban J connectivity index is 2.18. The monoisotopic (exact) mass is 415 g/mol. The van der Waals surface area contributed by atoms with Crippen molar-refractivity contribution >= 4 is 12.1 Å². The molecule has 1 aliphatic heterocycles. The number of likely N-dealkylation sites (tertiary alicyclic amines) is 1. The van der Waals surface area contributed by atoms with Crippen molar-refractivity contribution in [3.63, 3.8) is 0 Å². The number of carbonyl (C=O) groups excluding carboxylic acids is 2. The Kier molecular flexibility index (Phi) is 7.73.